The molecule has 0 unspecified atom stereocenters. The zero-order valence-electron chi connectivity index (χ0n) is 15.9. The van der Waals surface area contributed by atoms with Gasteiger partial charge in [0.1, 0.15) is 10.7 Å². The minimum atomic E-state index is -3.81. The second-order valence-electron chi connectivity index (χ2n) is 6.46. The van der Waals surface area contributed by atoms with Gasteiger partial charge in [0.2, 0.25) is 15.9 Å². The number of hydrogen-bond acceptors (Lipinski definition) is 7. The Morgan fingerprint density at radius 2 is 1.93 bits per heavy atom. The fourth-order valence-corrected chi connectivity index (χ4v) is 5.43. The molecule has 1 aliphatic rings. The third-order valence-electron chi connectivity index (χ3n) is 4.54. The Labute approximate surface area is 182 Å². The van der Waals surface area contributed by atoms with Gasteiger partial charge >= 0.3 is 5.97 Å². The average molecular weight is 476 g/mol. The molecule has 0 spiro atoms. The summed E-state index contributed by atoms with van der Waals surface area (Å²) in [7, 11) is -2.54. The minimum Gasteiger partial charge on any atom is -0.465 e. The fourth-order valence-electron chi connectivity index (χ4n) is 2.97. The van der Waals surface area contributed by atoms with E-state index in [1.165, 1.54) is 17.5 Å². The molecule has 162 valence electrons. The monoisotopic (exact) mass is 475 g/mol. The fraction of sp³-hybridized carbons (Fsp3) is 0.333. The number of nitrogens with zero attached hydrogens (tertiary/aromatic N) is 2. The van der Waals surface area contributed by atoms with Crippen LogP contribution in [0.25, 0.3) is 0 Å². The van der Waals surface area contributed by atoms with Crippen LogP contribution in [-0.4, -0.2) is 69.3 Å². The number of ether oxygens (including phenoxy) is 1. The number of nitrogens with one attached hydrogen (secondary N) is 1. The third-order valence-corrected chi connectivity index (χ3v) is 7.62. The van der Waals surface area contributed by atoms with Crippen LogP contribution in [0.15, 0.2) is 34.5 Å². The van der Waals surface area contributed by atoms with E-state index in [1.54, 1.807) is 11.4 Å². The number of rotatable bonds is 6. The number of amides is 1. The van der Waals surface area contributed by atoms with E-state index in [0.29, 0.717) is 23.7 Å². The Hall–Kier alpha value is -2.05. The highest BCUT2D eigenvalue weighted by atomic mass is 35.5. The lowest BCUT2D eigenvalue weighted by Gasteiger charge is -2.33. The van der Waals surface area contributed by atoms with E-state index in [0.717, 1.165) is 23.5 Å². The molecule has 1 N–H and O–H groups in total. The van der Waals surface area contributed by atoms with Gasteiger partial charge in [0.25, 0.3) is 0 Å². The molecule has 0 aliphatic carbocycles. The van der Waals surface area contributed by atoms with Crippen LogP contribution in [0.2, 0.25) is 5.02 Å². The van der Waals surface area contributed by atoms with E-state index < -0.39 is 21.8 Å². The summed E-state index contributed by atoms with van der Waals surface area (Å²) in [6, 6.07) is 4.90. The molecule has 8 nitrogen and oxygen atoms in total. The number of thiophene rings is 1. The number of halogens is 2. The third kappa shape index (κ3) is 4.98. The van der Waals surface area contributed by atoms with Crippen molar-refractivity contribution >= 4 is 50.5 Å². The van der Waals surface area contributed by atoms with E-state index >= 15 is 0 Å². The Kier molecular flexibility index (Phi) is 7.09. The van der Waals surface area contributed by atoms with Crippen molar-refractivity contribution in [2.45, 2.75) is 4.90 Å². The molecule has 0 saturated carbocycles. The molecule has 3 rings (SSSR count). The second-order valence-corrected chi connectivity index (χ2v) is 9.72. The summed E-state index contributed by atoms with van der Waals surface area (Å²) < 4.78 is 44.7. The van der Waals surface area contributed by atoms with Gasteiger partial charge in [-0.05, 0) is 29.6 Å². The van der Waals surface area contributed by atoms with Crippen molar-refractivity contribution in [1.29, 1.82) is 0 Å². The molecular weight excluding hydrogens is 457 g/mol. The quantitative estimate of drug-likeness (QED) is 0.644. The number of anilines is 1. The predicted octanol–water partition coefficient (Wildman–Crippen LogP) is 2.27. The zero-order valence-corrected chi connectivity index (χ0v) is 18.3. The number of piperazine rings is 1. The Morgan fingerprint density at radius 3 is 2.57 bits per heavy atom. The molecule has 2 heterocycles. The molecule has 2 aromatic rings. The number of hydrogen-bond donors (Lipinski definition) is 1. The topological polar surface area (TPSA) is 96.0 Å². The van der Waals surface area contributed by atoms with Gasteiger partial charge in [-0.2, -0.15) is 4.31 Å². The van der Waals surface area contributed by atoms with Crippen LogP contribution >= 0.6 is 22.9 Å². The molecule has 1 aromatic heterocycles. The Balaban J connectivity index is 1.56. The lowest BCUT2D eigenvalue weighted by Crippen LogP contribution is -2.50. The largest absolute Gasteiger partial charge is 0.465 e. The van der Waals surface area contributed by atoms with E-state index in [1.807, 2.05) is 4.90 Å². The molecule has 12 heteroatoms. The van der Waals surface area contributed by atoms with Crippen molar-refractivity contribution in [3.63, 3.8) is 0 Å². The first kappa shape index (κ1) is 22.6. The SMILES string of the molecule is COC(=O)c1sccc1NC(=O)CN1CCN(S(=O)(=O)c2ccc(F)c(Cl)c2)CC1. The lowest BCUT2D eigenvalue weighted by atomic mass is 10.3. The summed E-state index contributed by atoms with van der Waals surface area (Å²) in [6.07, 6.45) is 0. The molecule has 1 amide bonds. The Bertz CT molecular complexity index is 1050. The summed E-state index contributed by atoms with van der Waals surface area (Å²) in [6.45, 7) is 1.09. The lowest BCUT2D eigenvalue weighted by molar-refractivity contribution is -0.117. The Morgan fingerprint density at radius 1 is 1.23 bits per heavy atom. The summed E-state index contributed by atoms with van der Waals surface area (Å²) in [4.78, 5) is 26.1. The summed E-state index contributed by atoms with van der Waals surface area (Å²) in [5.74, 6) is -1.53. The number of sulfonamides is 1. The van der Waals surface area contributed by atoms with Crippen LogP contribution in [-0.2, 0) is 19.6 Å². The first-order chi connectivity index (χ1) is 14.2. The highest BCUT2D eigenvalue weighted by molar-refractivity contribution is 7.89. The maximum Gasteiger partial charge on any atom is 0.350 e. The van der Waals surface area contributed by atoms with Crippen LogP contribution < -0.4 is 5.32 Å². The van der Waals surface area contributed by atoms with Crippen molar-refractivity contribution in [3.8, 4) is 0 Å². The predicted molar refractivity (Wildman–Crippen MR) is 111 cm³/mol. The van der Waals surface area contributed by atoms with Crippen LogP contribution in [0.4, 0.5) is 10.1 Å². The van der Waals surface area contributed by atoms with Gasteiger partial charge in [-0.15, -0.1) is 11.3 Å². The number of carbonyl (C=O) groups is 2. The van der Waals surface area contributed by atoms with Gasteiger partial charge < -0.3 is 10.1 Å². The second kappa shape index (κ2) is 9.40. The van der Waals surface area contributed by atoms with E-state index in [4.69, 9.17) is 11.6 Å². The van der Waals surface area contributed by atoms with Gasteiger partial charge in [0, 0.05) is 26.2 Å². The van der Waals surface area contributed by atoms with Gasteiger partial charge in [0.15, 0.2) is 0 Å². The molecular formula is C18H19ClFN3O5S2. The number of benzene rings is 1. The highest BCUT2D eigenvalue weighted by Crippen LogP contribution is 2.24. The van der Waals surface area contributed by atoms with Crippen molar-refractivity contribution in [1.82, 2.24) is 9.21 Å². The summed E-state index contributed by atoms with van der Waals surface area (Å²) in [5, 5.41) is 4.09. The van der Waals surface area contributed by atoms with Crippen LogP contribution in [0.3, 0.4) is 0 Å². The zero-order chi connectivity index (χ0) is 21.9. The number of esters is 1. The normalized spacial score (nSPS) is 15.7. The molecule has 1 aliphatic heterocycles. The molecule has 0 atom stereocenters. The highest BCUT2D eigenvalue weighted by Gasteiger charge is 2.29. The average Bonchev–Trinajstić information content (AvgIpc) is 3.17. The first-order valence-corrected chi connectivity index (χ1v) is 11.6. The van der Waals surface area contributed by atoms with Gasteiger partial charge in [-0.3, -0.25) is 9.69 Å². The van der Waals surface area contributed by atoms with Crippen molar-refractivity contribution in [2.75, 3.05) is 45.2 Å². The molecule has 30 heavy (non-hydrogen) atoms. The van der Waals surface area contributed by atoms with Crippen molar-refractivity contribution < 1.29 is 27.1 Å². The smallest absolute Gasteiger partial charge is 0.350 e. The standard InChI is InChI=1S/C18H19ClFN3O5S2/c1-28-18(25)17-15(4-9-29-17)21-16(24)11-22-5-7-23(8-6-22)30(26,27)12-2-3-14(20)13(19)10-12/h2-4,9-10H,5-8,11H2,1H3,(H,21,24). The maximum atomic E-state index is 13.3. The summed E-state index contributed by atoms with van der Waals surface area (Å²) in [5.41, 5.74) is 0.381. The molecule has 0 bridgehead atoms. The van der Waals surface area contributed by atoms with E-state index in [-0.39, 0.29) is 35.5 Å². The van der Waals surface area contributed by atoms with Crippen LogP contribution in [0.5, 0.6) is 0 Å². The number of carbonyl (C=O) groups excluding carboxylic acids is 2. The van der Waals surface area contributed by atoms with Gasteiger partial charge in [-0.1, -0.05) is 11.6 Å². The number of methoxy groups -OCH3 is 1. The molecule has 1 aromatic carbocycles. The molecule has 1 saturated heterocycles. The van der Waals surface area contributed by atoms with E-state index in [9.17, 15) is 22.4 Å². The van der Waals surface area contributed by atoms with Gasteiger partial charge in [-0.25, -0.2) is 17.6 Å². The van der Waals surface area contributed by atoms with Gasteiger partial charge in [0.05, 0.1) is 29.3 Å². The molecule has 1 fully saturated rings. The molecule has 0 radical (unpaired) electrons. The van der Waals surface area contributed by atoms with Crippen LogP contribution in [0.1, 0.15) is 9.67 Å². The summed E-state index contributed by atoms with van der Waals surface area (Å²) >= 11 is 6.86. The van der Waals surface area contributed by atoms with E-state index in [2.05, 4.69) is 10.1 Å². The van der Waals surface area contributed by atoms with Crippen molar-refractivity contribution in [2.24, 2.45) is 0 Å². The first-order valence-electron chi connectivity index (χ1n) is 8.85. The minimum absolute atomic E-state index is 0.0483. The van der Waals surface area contributed by atoms with Crippen molar-refractivity contribution in [3.05, 3.63) is 45.4 Å². The maximum absolute atomic E-state index is 13.3. The van der Waals surface area contributed by atoms with Crippen LogP contribution in [0, 0.1) is 5.82 Å².